The van der Waals surface area contributed by atoms with Crippen LogP contribution in [0.1, 0.15) is 5.56 Å². The zero-order chi connectivity index (χ0) is 10.7. The molecule has 1 aromatic carbocycles. The summed E-state index contributed by atoms with van der Waals surface area (Å²) in [4.78, 5) is 6.14. The number of benzene rings is 1. The monoisotopic (exact) mass is 220 g/mol. The highest BCUT2D eigenvalue weighted by molar-refractivity contribution is 7.71. The van der Waals surface area contributed by atoms with E-state index < -0.39 is 0 Å². The Morgan fingerprint density at radius 3 is 2.60 bits per heavy atom. The summed E-state index contributed by atoms with van der Waals surface area (Å²) in [5.74, 6) is 0.754. The second-order valence-electron chi connectivity index (χ2n) is 3.33. The predicted molar refractivity (Wildman–Crippen MR) is 62.3 cm³/mol. The van der Waals surface area contributed by atoms with E-state index in [9.17, 15) is 0 Å². The van der Waals surface area contributed by atoms with E-state index in [4.69, 9.17) is 12.2 Å². The number of aromatic amines is 2. The summed E-state index contributed by atoms with van der Waals surface area (Å²) in [6, 6.07) is 10.2. The third-order valence-electron chi connectivity index (χ3n) is 2.11. The lowest BCUT2D eigenvalue weighted by molar-refractivity contribution is 0.871. The van der Waals surface area contributed by atoms with E-state index in [1.54, 1.807) is 0 Å². The molecule has 0 saturated heterocycles. The van der Waals surface area contributed by atoms with Crippen LogP contribution >= 0.6 is 12.2 Å². The van der Waals surface area contributed by atoms with Gasteiger partial charge in [-0.3, -0.25) is 10.2 Å². The molecule has 0 radical (unpaired) electrons. The van der Waals surface area contributed by atoms with Gasteiger partial charge < -0.3 is 4.90 Å². The van der Waals surface area contributed by atoms with E-state index >= 15 is 0 Å². The van der Waals surface area contributed by atoms with Crippen molar-refractivity contribution in [3.05, 3.63) is 40.7 Å². The summed E-state index contributed by atoms with van der Waals surface area (Å²) >= 11 is 4.89. The third kappa shape index (κ3) is 2.44. The van der Waals surface area contributed by atoms with Crippen LogP contribution < -0.4 is 4.90 Å². The maximum Gasteiger partial charge on any atom is 0.220 e. The average molecular weight is 220 g/mol. The third-order valence-corrected chi connectivity index (χ3v) is 2.31. The minimum atomic E-state index is 0.477. The van der Waals surface area contributed by atoms with Gasteiger partial charge in [0.15, 0.2) is 0 Å². The molecule has 0 aliphatic heterocycles. The molecule has 0 bridgehead atoms. The molecule has 0 atom stereocenters. The number of hydrogen-bond donors (Lipinski definition) is 2. The normalized spacial score (nSPS) is 10.2. The van der Waals surface area contributed by atoms with Crippen LogP contribution in [0, 0.1) is 4.77 Å². The van der Waals surface area contributed by atoms with Crippen LogP contribution in [-0.2, 0) is 6.54 Å². The smallest absolute Gasteiger partial charge is 0.220 e. The van der Waals surface area contributed by atoms with Crippen molar-refractivity contribution in [2.75, 3.05) is 11.9 Å². The molecule has 4 nitrogen and oxygen atoms in total. The molecule has 0 fully saturated rings. The molecule has 78 valence electrons. The first-order valence-electron chi connectivity index (χ1n) is 4.65. The number of nitrogens with zero attached hydrogens (tertiary/aromatic N) is 2. The van der Waals surface area contributed by atoms with Gasteiger partial charge in [0.05, 0.1) is 0 Å². The summed E-state index contributed by atoms with van der Waals surface area (Å²) in [5, 5.41) is 5.68. The number of nitrogens with one attached hydrogen (secondary N) is 2. The first kappa shape index (κ1) is 9.92. The van der Waals surface area contributed by atoms with Gasteiger partial charge in [0, 0.05) is 13.6 Å². The van der Waals surface area contributed by atoms with Gasteiger partial charge in [-0.15, -0.1) is 0 Å². The first-order valence-corrected chi connectivity index (χ1v) is 5.06. The van der Waals surface area contributed by atoms with Crippen molar-refractivity contribution < 1.29 is 0 Å². The molecule has 2 aromatic rings. The lowest BCUT2D eigenvalue weighted by Crippen LogP contribution is -2.17. The van der Waals surface area contributed by atoms with Crippen LogP contribution in [0.2, 0.25) is 0 Å². The van der Waals surface area contributed by atoms with Crippen molar-refractivity contribution in [3.8, 4) is 0 Å². The van der Waals surface area contributed by atoms with E-state index in [1.807, 2.05) is 30.1 Å². The molecule has 5 heteroatoms. The van der Waals surface area contributed by atoms with Crippen LogP contribution in [0.3, 0.4) is 0 Å². The largest absolute Gasteiger partial charge is 0.340 e. The zero-order valence-corrected chi connectivity index (χ0v) is 9.21. The fraction of sp³-hybridized carbons (Fsp3) is 0.200. The van der Waals surface area contributed by atoms with Crippen molar-refractivity contribution >= 4 is 18.2 Å². The van der Waals surface area contributed by atoms with E-state index in [-0.39, 0.29) is 0 Å². The Morgan fingerprint density at radius 1 is 1.27 bits per heavy atom. The molecule has 0 unspecified atom stereocenters. The van der Waals surface area contributed by atoms with Gasteiger partial charge in [-0.05, 0) is 17.8 Å². The molecule has 1 aromatic heterocycles. The fourth-order valence-corrected chi connectivity index (χ4v) is 1.51. The summed E-state index contributed by atoms with van der Waals surface area (Å²) in [5.41, 5.74) is 1.24. The maximum atomic E-state index is 4.89. The molecule has 15 heavy (non-hydrogen) atoms. The molecule has 1 heterocycles. The lowest BCUT2D eigenvalue weighted by atomic mass is 10.2. The van der Waals surface area contributed by atoms with Gasteiger partial charge in [0.1, 0.15) is 0 Å². The van der Waals surface area contributed by atoms with Gasteiger partial charge in [0.2, 0.25) is 10.7 Å². The average Bonchev–Trinajstić information content (AvgIpc) is 2.66. The van der Waals surface area contributed by atoms with Gasteiger partial charge in [0.25, 0.3) is 0 Å². The standard InChI is InChI=1S/C10H12N4S/c1-14(9-11-10(15)13-12-9)7-8-5-3-2-4-6-8/h2-6H,7H2,1H3,(H2,11,12,13,15). The highest BCUT2D eigenvalue weighted by atomic mass is 32.1. The fourth-order valence-electron chi connectivity index (χ4n) is 1.37. The number of anilines is 1. The van der Waals surface area contributed by atoms with Crippen LogP contribution in [-0.4, -0.2) is 22.2 Å². The molecule has 0 aliphatic carbocycles. The summed E-state index contributed by atoms with van der Waals surface area (Å²) in [6.45, 7) is 0.803. The van der Waals surface area contributed by atoms with Crippen LogP contribution in [0.5, 0.6) is 0 Å². The maximum absolute atomic E-state index is 4.89. The van der Waals surface area contributed by atoms with Crippen molar-refractivity contribution in [2.45, 2.75) is 6.54 Å². The summed E-state index contributed by atoms with van der Waals surface area (Å²) < 4.78 is 0.477. The Hall–Kier alpha value is -1.62. The Balaban J connectivity index is 2.10. The molecule has 0 aliphatic rings. The summed E-state index contributed by atoms with van der Waals surface area (Å²) in [7, 11) is 1.97. The van der Waals surface area contributed by atoms with Crippen molar-refractivity contribution in [1.29, 1.82) is 0 Å². The second kappa shape index (κ2) is 4.27. The number of hydrogen-bond acceptors (Lipinski definition) is 3. The Kier molecular flexibility index (Phi) is 2.82. The zero-order valence-electron chi connectivity index (χ0n) is 8.40. The van der Waals surface area contributed by atoms with E-state index in [1.165, 1.54) is 5.56 Å². The lowest BCUT2D eigenvalue weighted by Gasteiger charge is -2.14. The molecule has 0 spiro atoms. The Bertz CT molecular complexity index is 473. The van der Waals surface area contributed by atoms with Gasteiger partial charge in [-0.1, -0.05) is 30.3 Å². The van der Waals surface area contributed by atoms with Gasteiger partial charge in [-0.25, -0.2) is 0 Å². The van der Waals surface area contributed by atoms with Crippen molar-refractivity contribution in [2.24, 2.45) is 0 Å². The van der Waals surface area contributed by atoms with Crippen LogP contribution in [0.4, 0.5) is 5.95 Å². The van der Waals surface area contributed by atoms with E-state index in [0.29, 0.717) is 4.77 Å². The molecule has 2 N–H and O–H groups in total. The van der Waals surface area contributed by atoms with Gasteiger partial charge in [-0.2, -0.15) is 4.98 Å². The minimum absolute atomic E-state index is 0.477. The minimum Gasteiger partial charge on any atom is -0.340 e. The topological polar surface area (TPSA) is 47.7 Å². The molecule has 0 saturated carbocycles. The molecule has 2 rings (SSSR count). The number of H-pyrrole nitrogens is 2. The second-order valence-corrected chi connectivity index (χ2v) is 3.72. The van der Waals surface area contributed by atoms with Crippen molar-refractivity contribution in [1.82, 2.24) is 15.2 Å². The Labute approximate surface area is 93.0 Å². The first-order chi connectivity index (χ1) is 7.25. The predicted octanol–water partition coefficient (Wildman–Crippen LogP) is 2.10. The number of rotatable bonds is 3. The van der Waals surface area contributed by atoms with Gasteiger partial charge >= 0.3 is 0 Å². The molecule has 0 amide bonds. The number of aromatic nitrogens is 3. The van der Waals surface area contributed by atoms with Crippen LogP contribution in [0.25, 0.3) is 0 Å². The Morgan fingerprint density at radius 2 is 2.00 bits per heavy atom. The quantitative estimate of drug-likeness (QED) is 0.779. The van der Waals surface area contributed by atoms with E-state index in [2.05, 4.69) is 27.3 Å². The SMILES string of the molecule is CN(Cc1ccccc1)c1nc(=S)[nH][nH]1. The summed E-state index contributed by atoms with van der Waals surface area (Å²) in [6.07, 6.45) is 0. The molecular formula is C10H12N4S. The van der Waals surface area contributed by atoms with Crippen LogP contribution in [0.15, 0.2) is 30.3 Å². The highest BCUT2D eigenvalue weighted by Gasteiger charge is 2.03. The highest BCUT2D eigenvalue weighted by Crippen LogP contribution is 2.08. The molecular weight excluding hydrogens is 208 g/mol. The van der Waals surface area contributed by atoms with Crippen molar-refractivity contribution in [3.63, 3.8) is 0 Å². The van der Waals surface area contributed by atoms with E-state index in [0.717, 1.165) is 12.5 Å².